The van der Waals surface area contributed by atoms with Crippen molar-refractivity contribution in [2.24, 2.45) is 0 Å². The van der Waals surface area contributed by atoms with E-state index in [1.165, 1.54) is 18.7 Å². The lowest BCUT2D eigenvalue weighted by Gasteiger charge is -2.14. The van der Waals surface area contributed by atoms with Crippen molar-refractivity contribution in [2.45, 2.75) is 44.1 Å². The van der Waals surface area contributed by atoms with Gasteiger partial charge in [0.05, 0.1) is 18.3 Å². The summed E-state index contributed by atoms with van der Waals surface area (Å²) in [5, 5.41) is 23.1. The molecule has 0 bridgehead atoms. The zero-order valence-electron chi connectivity index (χ0n) is 19.6. The smallest absolute Gasteiger partial charge is 0.305 e. The SMILES string of the molecule is CCOc1ccc(-c2nnc(S[C@H](C)C(=O)Nc3ccc(NC(C)=O)cc3)n2CCC(=O)O)cc1. The zero-order valence-corrected chi connectivity index (χ0v) is 20.5. The number of amides is 2. The van der Waals surface area contributed by atoms with Gasteiger partial charge in [-0.25, -0.2) is 0 Å². The summed E-state index contributed by atoms with van der Waals surface area (Å²) >= 11 is 1.19. The van der Waals surface area contributed by atoms with Crippen LogP contribution >= 0.6 is 11.8 Å². The molecule has 1 heterocycles. The van der Waals surface area contributed by atoms with Crippen molar-refractivity contribution in [3.63, 3.8) is 0 Å². The number of carbonyl (C=O) groups is 3. The second kappa shape index (κ2) is 12.0. The molecule has 1 atom stereocenters. The van der Waals surface area contributed by atoms with E-state index in [9.17, 15) is 19.5 Å². The fraction of sp³-hybridized carbons (Fsp3) is 0.292. The zero-order chi connectivity index (χ0) is 25.4. The van der Waals surface area contributed by atoms with Crippen LogP contribution in [0.5, 0.6) is 5.75 Å². The standard InChI is InChI=1S/C24H27N5O5S/c1-4-34-20-11-5-17(6-12-20)22-27-28-24(29(22)14-13-21(31)32)35-15(2)23(33)26-19-9-7-18(8-10-19)25-16(3)30/h5-12,15H,4,13-14H2,1-3H3,(H,25,30)(H,26,33)(H,31,32)/t15-/m1/s1. The monoisotopic (exact) mass is 497 g/mol. The predicted octanol–water partition coefficient (Wildman–Crippen LogP) is 3.90. The van der Waals surface area contributed by atoms with Gasteiger partial charge in [0.1, 0.15) is 5.75 Å². The van der Waals surface area contributed by atoms with Gasteiger partial charge in [-0.15, -0.1) is 10.2 Å². The Bertz CT molecular complexity index is 1180. The molecular formula is C24H27N5O5S. The van der Waals surface area contributed by atoms with Gasteiger partial charge in [-0.2, -0.15) is 0 Å². The Morgan fingerprint density at radius 3 is 2.23 bits per heavy atom. The minimum Gasteiger partial charge on any atom is -0.494 e. The maximum Gasteiger partial charge on any atom is 0.305 e. The van der Waals surface area contributed by atoms with E-state index < -0.39 is 11.2 Å². The third kappa shape index (κ3) is 7.31. The number of carboxylic acid groups (broad SMARTS) is 1. The maximum absolute atomic E-state index is 12.8. The molecule has 0 unspecified atom stereocenters. The lowest BCUT2D eigenvalue weighted by atomic mass is 10.2. The summed E-state index contributed by atoms with van der Waals surface area (Å²) < 4.78 is 7.18. The molecule has 1 aromatic heterocycles. The van der Waals surface area contributed by atoms with Crippen LogP contribution in [0, 0.1) is 0 Å². The minimum absolute atomic E-state index is 0.114. The van der Waals surface area contributed by atoms with Crippen molar-refractivity contribution in [1.82, 2.24) is 14.8 Å². The van der Waals surface area contributed by atoms with Gasteiger partial charge < -0.3 is 25.0 Å². The molecule has 0 saturated heterocycles. The number of anilines is 2. The highest BCUT2D eigenvalue weighted by molar-refractivity contribution is 8.00. The van der Waals surface area contributed by atoms with Crippen LogP contribution in [0.1, 0.15) is 27.2 Å². The van der Waals surface area contributed by atoms with Crippen LogP contribution in [0.25, 0.3) is 11.4 Å². The van der Waals surface area contributed by atoms with E-state index >= 15 is 0 Å². The highest BCUT2D eigenvalue weighted by atomic mass is 32.2. The summed E-state index contributed by atoms with van der Waals surface area (Å²) in [6, 6.07) is 14.1. The molecule has 2 amide bonds. The van der Waals surface area contributed by atoms with Gasteiger partial charge in [-0.3, -0.25) is 14.4 Å². The fourth-order valence-corrected chi connectivity index (χ4v) is 4.04. The van der Waals surface area contributed by atoms with Crippen molar-refractivity contribution in [1.29, 1.82) is 0 Å². The van der Waals surface area contributed by atoms with E-state index in [1.54, 1.807) is 35.8 Å². The number of aliphatic carboxylic acids is 1. The number of benzene rings is 2. The number of rotatable bonds is 11. The molecule has 3 N–H and O–H groups in total. The van der Waals surface area contributed by atoms with Crippen LogP contribution < -0.4 is 15.4 Å². The number of hydrogen-bond donors (Lipinski definition) is 3. The number of nitrogens with one attached hydrogen (secondary N) is 2. The summed E-state index contributed by atoms with van der Waals surface area (Å²) in [5.41, 5.74) is 1.97. The normalized spacial score (nSPS) is 11.5. The second-order valence-corrected chi connectivity index (χ2v) is 8.87. The average molecular weight is 498 g/mol. The fourth-order valence-electron chi connectivity index (χ4n) is 3.16. The molecule has 0 fully saturated rings. The van der Waals surface area contributed by atoms with Crippen molar-refractivity contribution in [3.05, 3.63) is 48.5 Å². The maximum atomic E-state index is 12.8. The van der Waals surface area contributed by atoms with Crippen LogP contribution in [0.2, 0.25) is 0 Å². The van der Waals surface area contributed by atoms with Gasteiger partial charge in [0.2, 0.25) is 11.8 Å². The van der Waals surface area contributed by atoms with E-state index in [1.807, 2.05) is 31.2 Å². The molecule has 0 aliphatic carbocycles. The minimum atomic E-state index is -0.944. The topological polar surface area (TPSA) is 135 Å². The molecule has 0 aliphatic heterocycles. The summed E-state index contributed by atoms with van der Waals surface area (Å²) in [5.74, 6) is -0.141. The van der Waals surface area contributed by atoms with E-state index in [4.69, 9.17) is 4.74 Å². The van der Waals surface area contributed by atoms with E-state index in [0.29, 0.717) is 29.0 Å². The van der Waals surface area contributed by atoms with Gasteiger partial charge in [0.25, 0.3) is 0 Å². The Balaban J connectivity index is 1.74. The van der Waals surface area contributed by atoms with Gasteiger partial charge in [-0.1, -0.05) is 11.8 Å². The highest BCUT2D eigenvalue weighted by Crippen LogP contribution is 2.29. The molecule has 2 aromatic carbocycles. The number of carbonyl (C=O) groups excluding carboxylic acids is 2. The number of ether oxygens (including phenoxy) is 1. The number of hydrogen-bond acceptors (Lipinski definition) is 7. The molecule has 3 rings (SSSR count). The lowest BCUT2D eigenvalue weighted by molar-refractivity contribution is -0.137. The number of thioether (sulfide) groups is 1. The molecule has 35 heavy (non-hydrogen) atoms. The molecule has 10 nitrogen and oxygen atoms in total. The first-order chi connectivity index (χ1) is 16.8. The molecule has 3 aromatic rings. The third-order valence-electron chi connectivity index (χ3n) is 4.81. The Kier molecular flexibility index (Phi) is 8.85. The molecule has 0 radical (unpaired) electrons. The highest BCUT2D eigenvalue weighted by Gasteiger charge is 2.21. The number of nitrogens with zero attached hydrogens (tertiary/aromatic N) is 3. The molecule has 184 valence electrons. The first-order valence-corrected chi connectivity index (χ1v) is 11.9. The van der Waals surface area contributed by atoms with Gasteiger partial charge in [0.15, 0.2) is 11.0 Å². The average Bonchev–Trinajstić information content (AvgIpc) is 3.21. The Morgan fingerprint density at radius 2 is 1.66 bits per heavy atom. The summed E-state index contributed by atoms with van der Waals surface area (Å²) in [6.45, 7) is 5.77. The van der Waals surface area contributed by atoms with Crippen LogP contribution in [0.4, 0.5) is 11.4 Å². The molecule has 0 saturated carbocycles. The lowest BCUT2D eigenvalue weighted by Crippen LogP contribution is -2.23. The first-order valence-electron chi connectivity index (χ1n) is 11.0. The first kappa shape index (κ1) is 25.8. The van der Waals surface area contributed by atoms with Gasteiger partial charge in [0, 0.05) is 30.4 Å². The summed E-state index contributed by atoms with van der Waals surface area (Å²) in [6.07, 6.45) is -0.114. The van der Waals surface area contributed by atoms with E-state index in [2.05, 4.69) is 20.8 Å². The van der Waals surface area contributed by atoms with Crippen molar-refractivity contribution in [3.8, 4) is 17.1 Å². The van der Waals surface area contributed by atoms with Crippen LogP contribution in [0.15, 0.2) is 53.7 Å². The Labute approximate surface area is 207 Å². The summed E-state index contributed by atoms with van der Waals surface area (Å²) in [4.78, 5) is 35.1. The van der Waals surface area contributed by atoms with Gasteiger partial charge in [-0.05, 0) is 62.4 Å². The molecule has 0 aliphatic rings. The van der Waals surface area contributed by atoms with Crippen molar-refractivity contribution in [2.75, 3.05) is 17.2 Å². The molecule has 0 spiro atoms. The van der Waals surface area contributed by atoms with Gasteiger partial charge >= 0.3 is 5.97 Å². The number of aromatic nitrogens is 3. The molecular weight excluding hydrogens is 470 g/mol. The quantitative estimate of drug-likeness (QED) is 0.340. The van der Waals surface area contributed by atoms with E-state index in [-0.39, 0.29) is 24.8 Å². The van der Waals surface area contributed by atoms with Crippen LogP contribution in [-0.4, -0.2) is 49.5 Å². The Morgan fingerprint density at radius 1 is 1.03 bits per heavy atom. The summed E-state index contributed by atoms with van der Waals surface area (Å²) in [7, 11) is 0. The largest absolute Gasteiger partial charge is 0.494 e. The predicted molar refractivity (Wildman–Crippen MR) is 134 cm³/mol. The molecule has 11 heteroatoms. The Hall–Kier alpha value is -3.86. The van der Waals surface area contributed by atoms with Crippen molar-refractivity contribution < 1.29 is 24.2 Å². The number of carboxylic acids is 1. The van der Waals surface area contributed by atoms with E-state index in [0.717, 1.165) is 11.3 Å². The second-order valence-electron chi connectivity index (χ2n) is 7.57. The van der Waals surface area contributed by atoms with Crippen LogP contribution in [0.3, 0.4) is 0 Å². The van der Waals surface area contributed by atoms with Crippen molar-refractivity contribution >= 4 is 40.9 Å². The third-order valence-corrected chi connectivity index (χ3v) is 5.89. The van der Waals surface area contributed by atoms with Crippen LogP contribution in [-0.2, 0) is 20.9 Å².